The van der Waals surface area contributed by atoms with Gasteiger partial charge in [-0.2, -0.15) is 0 Å². The van der Waals surface area contributed by atoms with Gasteiger partial charge in [0.15, 0.2) is 0 Å². The Morgan fingerprint density at radius 3 is 2.50 bits per heavy atom. The Labute approximate surface area is 109 Å². The Kier molecular flexibility index (Phi) is 4.98. The van der Waals surface area contributed by atoms with E-state index in [0.29, 0.717) is 5.69 Å². The molecule has 0 aromatic heterocycles. The highest BCUT2D eigenvalue weighted by Crippen LogP contribution is 2.24. The number of rotatable bonds is 6. The number of nitrogens with zero attached hydrogens (tertiary/aromatic N) is 1. The Balaban J connectivity index is 2.91. The number of nitrogens with one attached hydrogen (secondary N) is 1. The lowest BCUT2D eigenvalue weighted by atomic mass is 10.2. The largest absolute Gasteiger partial charge is 0.381 e. The van der Waals surface area contributed by atoms with E-state index in [9.17, 15) is 8.42 Å². The van der Waals surface area contributed by atoms with E-state index < -0.39 is 10.0 Å². The molecule has 5 nitrogen and oxygen atoms in total. The fourth-order valence-electron chi connectivity index (χ4n) is 1.54. The van der Waals surface area contributed by atoms with Crippen molar-refractivity contribution in [2.75, 3.05) is 36.6 Å². The van der Waals surface area contributed by atoms with Crippen LogP contribution in [-0.2, 0) is 14.8 Å². The fourth-order valence-corrected chi connectivity index (χ4v) is 2.88. The standard InChI is InChI=1S/C12H20N2O3S/c1-10(17-4)9-18(15,16)13-11-7-5-6-8-12(11)14(2)3/h5-8,10,13H,9H2,1-4H3/t10-/m1/s1. The third-order valence-electron chi connectivity index (χ3n) is 2.51. The summed E-state index contributed by atoms with van der Waals surface area (Å²) in [6.45, 7) is 1.72. The van der Waals surface area contributed by atoms with Crippen molar-refractivity contribution in [3.8, 4) is 0 Å². The molecule has 0 saturated heterocycles. The van der Waals surface area contributed by atoms with Crippen LogP contribution in [0.4, 0.5) is 11.4 Å². The second-order valence-electron chi connectivity index (χ2n) is 4.34. The summed E-state index contributed by atoms with van der Waals surface area (Å²) < 4.78 is 31.4. The van der Waals surface area contributed by atoms with E-state index in [1.165, 1.54) is 7.11 Å². The van der Waals surface area contributed by atoms with Crippen molar-refractivity contribution >= 4 is 21.4 Å². The van der Waals surface area contributed by atoms with Gasteiger partial charge in [0.2, 0.25) is 10.0 Å². The molecule has 1 atom stereocenters. The zero-order valence-corrected chi connectivity index (χ0v) is 12.0. The van der Waals surface area contributed by atoms with E-state index in [1.54, 1.807) is 19.1 Å². The Hall–Kier alpha value is -1.27. The highest BCUT2D eigenvalue weighted by atomic mass is 32.2. The minimum absolute atomic E-state index is 0.0642. The molecule has 0 spiro atoms. The highest BCUT2D eigenvalue weighted by Gasteiger charge is 2.17. The molecule has 0 amide bonds. The number of hydrogen-bond acceptors (Lipinski definition) is 4. The maximum Gasteiger partial charge on any atom is 0.235 e. The van der Waals surface area contributed by atoms with Crippen LogP contribution in [0.1, 0.15) is 6.92 Å². The zero-order valence-electron chi connectivity index (χ0n) is 11.2. The van der Waals surface area contributed by atoms with Crippen LogP contribution in [0.2, 0.25) is 0 Å². The third kappa shape index (κ3) is 4.19. The summed E-state index contributed by atoms with van der Waals surface area (Å²) in [6, 6.07) is 7.26. The van der Waals surface area contributed by atoms with Crippen LogP contribution in [0.3, 0.4) is 0 Å². The van der Waals surface area contributed by atoms with Gasteiger partial charge in [-0.25, -0.2) is 8.42 Å². The molecule has 6 heteroatoms. The number of methoxy groups -OCH3 is 1. The lowest BCUT2D eigenvalue weighted by molar-refractivity contribution is 0.136. The number of para-hydroxylation sites is 2. The van der Waals surface area contributed by atoms with Crippen molar-refractivity contribution in [1.29, 1.82) is 0 Å². The first-order chi connectivity index (χ1) is 8.35. The summed E-state index contributed by atoms with van der Waals surface area (Å²) in [5.41, 5.74) is 1.40. The summed E-state index contributed by atoms with van der Waals surface area (Å²) in [4.78, 5) is 1.86. The van der Waals surface area contributed by atoms with Crippen molar-refractivity contribution in [2.45, 2.75) is 13.0 Å². The van der Waals surface area contributed by atoms with Crippen LogP contribution in [0.5, 0.6) is 0 Å². The van der Waals surface area contributed by atoms with E-state index in [4.69, 9.17) is 4.74 Å². The van der Waals surface area contributed by atoms with Gasteiger partial charge < -0.3 is 9.64 Å². The second kappa shape index (κ2) is 6.06. The average molecular weight is 272 g/mol. The predicted molar refractivity (Wildman–Crippen MR) is 74.6 cm³/mol. The molecular formula is C12H20N2O3S. The van der Waals surface area contributed by atoms with Gasteiger partial charge in [0.05, 0.1) is 23.2 Å². The van der Waals surface area contributed by atoms with Gasteiger partial charge in [-0.15, -0.1) is 0 Å². The third-order valence-corrected chi connectivity index (χ3v) is 3.95. The van der Waals surface area contributed by atoms with Crippen LogP contribution < -0.4 is 9.62 Å². The lowest BCUT2D eigenvalue weighted by Gasteiger charge is -2.19. The quantitative estimate of drug-likeness (QED) is 0.853. The SMILES string of the molecule is CO[C@H](C)CS(=O)(=O)Nc1ccccc1N(C)C. The monoisotopic (exact) mass is 272 g/mol. The molecule has 0 radical (unpaired) electrons. The minimum atomic E-state index is -3.40. The number of anilines is 2. The van der Waals surface area contributed by atoms with Crippen molar-refractivity contribution in [3.63, 3.8) is 0 Å². The maximum atomic E-state index is 11.9. The van der Waals surface area contributed by atoms with Gasteiger partial charge in [-0.05, 0) is 19.1 Å². The number of sulfonamides is 1. The van der Waals surface area contributed by atoms with Crippen LogP contribution in [0, 0.1) is 0 Å². The van der Waals surface area contributed by atoms with Gasteiger partial charge in [0.1, 0.15) is 0 Å². The van der Waals surface area contributed by atoms with E-state index in [2.05, 4.69) is 4.72 Å². The first-order valence-corrected chi connectivity index (χ1v) is 7.30. The van der Waals surface area contributed by atoms with Gasteiger partial charge in [-0.3, -0.25) is 4.72 Å². The topological polar surface area (TPSA) is 58.6 Å². The van der Waals surface area contributed by atoms with Crippen molar-refractivity contribution in [3.05, 3.63) is 24.3 Å². The molecule has 0 aliphatic carbocycles. The summed E-state index contributed by atoms with van der Waals surface area (Å²) in [5.74, 6) is -0.0642. The molecule has 0 aliphatic heterocycles. The number of hydrogen-bond donors (Lipinski definition) is 1. The minimum Gasteiger partial charge on any atom is -0.381 e. The van der Waals surface area contributed by atoms with Crippen LogP contribution in [-0.4, -0.2) is 41.5 Å². The Morgan fingerprint density at radius 1 is 1.33 bits per heavy atom. The molecular weight excluding hydrogens is 252 g/mol. The molecule has 18 heavy (non-hydrogen) atoms. The summed E-state index contributed by atoms with van der Waals surface area (Å²) in [7, 11) is 1.82. The molecule has 0 fully saturated rings. The fraction of sp³-hybridized carbons (Fsp3) is 0.500. The van der Waals surface area contributed by atoms with Gasteiger partial charge in [0.25, 0.3) is 0 Å². The maximum absolute atomic E-state index is 11.9. The molecule has 1 rings (SSSR count). The molecule has 102 valence electrons. The highest BCUT2D eigenvalue weighted by molar-refractivity contribution is 7.92. The molecule has 0 unspecified atom stereocenters. The normalized spacial score (nSPS) is 13.1. The van der Waals surface area contributed by atoms with Crippen LogP contribution >= 0.6 is 0 Å². The van der Waals surface area contributed by atoms with Crippen LogP contribution in [0.15, 0.2) is 24.3 Å². The lowest BCUT2D eigenvalue weighted by Crippen LogP contribution is -2.26. The molecule has 1 aromatic carbocycles. The van der Waals surface area contributed by atoms with E-state index in [0.717, 1.165) is 5.69 Å². The second-order valence-corrected chi connectivity index (χ2v) is 6.11. The van der Waals surface area contributed by atoms with Crippen molar-refractivity contribution in [1.82, 2.24) is 0 Å². The number of benzene rings is 1. The van der Waals surface area contributed by atoms with Crippen LogP contribution in [0.25, 0.3) is 0 Å². The first-order valence-electron chi connectivity index (χ1n) is 5.65. The summed E-state index contributed by atoms with van der Waals surface area (Å²) >= 11 is 0. The Bertz CT molecular complexity index is 486. The molecule has 1 N–H and O–H groups in total. The van der Waals surface area contributed by atoms with E-state index >= 15 is 0 Å². The summed E-state index contributed by atoms with van der Waals surface area (Å²) in [5, 5.41) is 0. The average Bonchev–Trinajstić information content (AvgIpc) is 2.28. The molecule has 0 aliphatic rings. The summed E-state index contributed by atoms with van der Waals surface area (Å²) in [6.07, 6.45) is -0.339. The zero-order chi connectivity index (χ0) is 13.8. The van der Waals surface area contributed by atoms with Gasteiger partial charge in [0, 0.05) is 21.2 Å². The van der Waals surface area contributed by atoms with E-state index in [-0.39, 0.29) is 11.9 Å². The molecule has 0 bridgehead atoms. The Morgan fingerprint density at radius 2 is 1.94 bits per heavy atom. The first kappa shape index (κ1) is 14.8. The van der Waals surface area contributed by atoms with E-state index in [1.807, 2.05) is 31.1 Å². The molecule has 1 aromatic rings. The van der Waals surface area contributed by atoms with Gasteiger partial charge >= 0.3 is 0 Å². The smallest absolute Gasteiger partial charge is 0.235 e. The molecule has 0 heterocycles. The van der Waals surface area contributed by atoms with Gasteiger partial charge in [-0.1, -0.05) is 12.1 Å². The van der Waals surface area contributed by atoms with Crippen molar-refractivity contribution < 1.29 is 13.2 Å². The number of ether oxygens (including phenoxy) is 1. The molecule has 0 saturated carbocycles. The van der Waals surface area contributed by atoms with Crippen molar-refractivity contribution in [2.24, 2.45) is 0 Å². The predicted octanol–water partition coefficient (Wildman–Crippen LogP) is 1.53.